The van der Waals surface area contributed by atoms with Crippen molar-refractivity contribution < 1.29 is 13.2 Å². The lowest BCUT2D eigenvalue weighted by Crippen LogP contribution is -2.39. The highest BCUT2D eigenvalue weighted by molar-refractivity contribution is 7.92. The monoisotopic (exact) mass is 435 g/mol. The van der Waals surface area contributed by atoms with Gasteiger partial charge in [0.2, 0.25) is 0 Å². The van der Waals surface area contributed by atoms with Gasteiger partial charge in [0.15, 0.2) is 0 Å². The van der Waals surface area contributed by atoms with Gasteiger partial charge in [0.1, 0.15) is 6.54 Å². The predicted molar refractivity (Wildman–Crippen MR) is 124 cm³/mol. The first-order chi connectivity index (χ1) is 14.8. The summed E-state index contributed by atoms with van der Waals surface area (Å²) in [5.41, 5.74) is 6.30. The van der Waals surface area contributed by atoms with Crippen LogP contribution < -0.4 is 9.73 Å². The molecule has 31 heavy (non-hydrogen) atoms. The summed E-state index contributed by atoms with van der Waals surface area (Å²) in [6, 6.07) is 22.9. The topological polar surface area (TPSA) is 78.8 Å². The molecule has 1 amide bonds. The van der Waals surface area contributed by atoms with E-state index in [0.29, 0.717) is 11.4 Å². The van der Waals surface area contributed by atoms with Crippen molar-refractivity contribution >= 4 is 27.3 Å². The van der Waals surface area contributed by atoms with Crippen LogP contribution in [0.4, 0.5) is 5.69 Å². The molecule has 160 valence electrons. The second kappa shape index (κ2) is 9.57. The number of sulfonamides is 1. The van der Waals surface area contributed by atoms with Crippen LogP contribution in [0.1, 0.15) is 23.6 Å². The largest absolute Gasteiger partial charge is 0.271 e. The molecular weight excluding hydrogens is 410 g/mol. The molecule has 3 aromatic carbocycles. The zero-order valence-electron chi connectivity index (χ0n) is 17.7. The third-order valence-corrected chi connectivity index (χ3v) is 6.55. The minimum Gasteiger partial charge on any atom is -0.271 e. The van der Waals surface area contributed by atoms with Crippen LogP contribution in [0.2, 0.25) is 0 Å². The van der Waals surface area contributed by atoms with Crippen molar-refractivity contribution in [1.82, 2.24) is 5.43 Å². The number of hydrogen-bond donors (Lipinski definition) is 1. The molecule has 3 aromatic rings. The summed E-state index contributed by atoms with van der Waals surface area (Å²) in [5, 5.41) is 4.12. The van der Waals surface area contributed by atoms with E-state index in [-0.39, 0.29) is 4.90 Å². The van der Waals surface area contributed by atoms with Crippen molar-refractivity contribution in [2.24, 2.45) is 5.10 Å². The number of hydrazone groups is 1. The standard InChI is InChI=1S/C24H25N3O3S/c1-18-9-13-22(14-10-18)27(31(29,30)23-15-11-19(2)12-16-23)17-24(28)26-25-20(3)21-7-5-4-6-8-21/h4-16H,17H2,1-3H3,(H,26,28)/b25-20-. The number of hydrogen-bond acceptors (Lipinski definition) is 4. The zero-order valence-corrected chi connectivity index (χ0v) is 18.6. The number of nitrogens with zero attached hydrogens (tertiary/aromatic N) is 2. The van der Waals surface area contributed by atoms with E-state index in [1.54, 1.807) is 43.3 Å². The summed E-state index contributed by atoms with van der Waals surface area (Å²) in [5.74, 6) is -0.536. The molecule has 0 aromatic heterocycles. The van der Waals surface area contributed by atoms with Crippen molar-refractivity contribution in [2.75, 3.05) is 10.8 Å². The fourth-order valence-electron chi connectivity index (χ4n) is 2.92. The Balaban J connectivity index is 1.87. The number of carbonyl (C=O) groups is 1. The Morgan fingerprint density at radius 1 is 0.871 bits per heavy atom. The molecule has 0 radical (unpaired) electrons. The number of anilines is 1. The molecule has 0 heterocycles. The summed E-state index contributed by atoms with van der Waals surface area (Å²) in [6.07, 6.45) is 0. The molecule has 0 bridgehead atoms. The Morgan fingerprint density at radius 3 is 2.00 bits per heavy atom. The molecule has 0 fully saturated rings. The van der Waals surface area contributed by atoms with Gasteiger partial charge in [-0.15, -0.1) is 0 Å². The summed E-state index contributed by atoms with van der Waals surface area (Å²) >= 11 is 0. The molecule has 0 atom stereocenters. The third-order valence-electron chi connectivity index (χ3n) is 4.76. The van der Waals surface area contributed by atoms with E-state index >= 15 is 0 Å². The fourth-order valence-corrected chi connectivity index (χ4v) is 4.34. The minimum absolute atomic E-state index is 0.121. The van der Waals surface area contributed by atoms with Crippen molar-refractivity contribution in [3.05, 3.63) is 95.6 Å². The molecule has 6 nitrogen and oxygen atoms in total. The van der Waals surface area contributed by atoms with Crippen molar-refractivity contribution in [3.8, 4) is 0 Å². The molecule has 7 heteroatoms. The van der Waals surface area contributed by atoms with Crippen LogP contribution in [-0.2, 0) is 14.8 Å². The molecule has 0 aliphatic heterocycles. The minimum atomic E-state index is -3.95. The number of aryl methyl sites for hydroxylation is 2. The van der Waals surface area contributed by atoms with Crippen LogP contribution in [0.25, 0.3) is 0 Å². The van der Waals surface area contributed by atoms with E-state index in [4.69, 9.17) is 0 Å². The van der Waals surface area contributed by atoms with Crippen LogP contribution >= 0.6 is 0 Å². The summed E-state index contributed by atoms with van der Waals surface area (Å²) < 4.78 is 27.8. The van der Waals surface area contributed by atoms with Crippen LogP contribution in [0.3, 0.4) is 0 Å². The van der Waals surface area contributed by atoms with Gasteiger partial charge in [-0.05, 0) is 50.6 Å². The Morgan fingerprint density at radius 2 is 1.42 bits per heavy atom. The Hall–Kier alpha value is -3.45. The summed E-state index contributed by atoms with van der Waals surface area (Å²) in [7, 11) is -3.95. The first-order valence-corrected chi connectivity index (χ1v) is 11.3. The number of nitrogens with one attached hydrogen (secondary N) is 1. The Bertz CT molecular complexity index is 1170. The summed E-state index contributed by atoms with van der Waals surface area (Å²) in [6.45, 7) is 5.17. The van der Waals surface area contributed by atoms with E-state index in [1.165, 1.54) is 0 Å². The van der Waals surface area contributed by atoms with Crippen molar-refractivity contribution in [3.63, 3.8) is 0 Å². The molecule has 0 aliphatic carbocycles. The van der Waals surface area contributed by atoms with Gasteiger partial charge in [-0.25, -0.2) is 13.8 Å². The van der Waals surface area contributed by atoms with Crippen molar-refractivity contribution in [1.29, 1.82) is 0 Å². The van der Waals surface area contributed by atoms with E-state index < -0.39 is 22.5 Å². The quantitative estimate of drug-likeness (QED) is 0.449. The smallest absolute Gasteiger partial charge is 0.264 e. The van der Waals surface area contributed by atoms with E-state index in [2.05, 4.69) is 10.5 Å². The molecule has 0 saturated carbocycles. The first kappa shape index (κ1) is 22.2. The second-order valence-corrected chi connectivity index (χ2v) is 9.12. The number of rotatable bonds is 7. The molecule has 0 aliphatic rings. The van der Waals surface area contributed by atoms with Gasteiger partial charge in [-0.2, -0.15) is 5.10 Å². The van der Waals surface area contributed by atoms with Crippen LogP contribution in [-0.4, -0.2) is 26.6 Å². The van der Waals surface area contributed by atoms with Gasteiger partial charge in [0.25, 0.3) is 15.9 Å². The normalized spacial score (nSPS) is 11.8. The lowest BCUT2D eigenvalue weighted by molar-refractivity contribution is -0.119. The third kappa shape index (κ3) is 5.58. The van der Waals surface area contributed by atoms with Gasteiger partial charge in [-0.3, -0.25) is 9.10 Å². The Kier molecular flexibility index (Phi) is 6.87. The highest BCUT2D eigenvalue weighted by Crippen LogP contribution is 2.24. The number of carbonyl (C=O) groups excluding carboxylic acids is 1. The van der Waals surface area contributed by atoms with E-state index in [0.717, 1.165) is 21.0 Å². The maximum absolute atomic E-state index is 13.3. The van der Waals surface area contributed by atoms with Gasteiger partial charge in [0.05, 0.1) is 16.3 Å². The molecule has 0 unspecified atom stereocenters. The lowest BCUT2D eigenvalue weighted by atomic mass is 10.1. The van der Waals surface area contributed by atoms with Crippen LogP contribution in [0.5, 0.6) is 0 Å². The van der Waals surface area contributed by atoms with Crippen molar-refractivity contribution in [2.45, 2.75) is 25.7 Å². The van der Waals surface area contributed by atoms with Gasteiger partial charge >= 0.3 is 0 Å². The van der Waals surface area contributed by atoms with Crippen LogP contribution in [0, 0.1) is 13.8 Å². The molecule has 1 N–H and O–H groups in total. The van der Waals surface area contributed by atoms with Crippen LogP contribution in [0.15, 0.2) is 88.9 Å². The predicted octanol–water partition coefficient (Wildman–Crippen LogP) is 4.04. The van der Waals surface area contributed by atoms with Gasteiger partial charge in [0, 0.05) is 0 Å². The van der Waals surface area contributed by atoms with E-state index in [9.17, 15) is 13.2 Å². The van der Waals surface area contributed by atoms with Gasteiger partial charge in [-0.1, -0.05) is 65.7 Å². The molecule has 0 spiro atoms. The highest BCUT2D eigenvalue weighted by Gasteiger charge is 2.27. The molecule has 3 rings (SSSR count). The average molecular weight is 436 g/mol. The van der Waals surface area contributed by atoms with Gasteiger partial charge < -0.3 is 0 Å². The lowest BCUT2D eigenvalue weighted by Gasteiger charge is -2.24. The maximum Gasteiger partial charge on any atom is 0.264 e. The molecule has 0 saturated heterocycles. The number of benzene rings is 3. The Labute approximate surface area is 183 Å². The first-order valence-electron chi connectivity index (χ1n) is 9.82. The zero-order chi connectivity index (χ0) is 22.4. The summed E-state index contributed by atoms with van der Waals surface area (Å²) in [4.78, 5) is 12.8. The van der Waals surface area contributed by atoms with E-state index in [1.807, 2.05) is 56.3 Å². The average Bonchev–Trinajstić information content (AvgIpc) is 2.77. The fraction of sp³-hybridized carbons (Fsp3) is 0.167. The SMILES string of the molecule is C/C(=N/NC(=O)CN(c1ccc(C)cc1)S(=O)(=O)c1ccc(C)cc1)c1ccccc1. The number of amides is 1. The molecular formula is C24H25N3O3S. The maximum atomic E-state index is 13.3. The second-order valence-electron chi connectivity index (χ2n) is 7.26. The highest BCUT2D eigenvalue weighted by atomic mass is 32.2.